The van der Waals surface area contributed by atoms with E-state index < -0.39 is 0 Å². The van der Waals surface area contributed by atoms with Crippen molar-refractivity contribution in [1.82, 2.24) is 15.1 Å². The SMILES string of the molecule is O=C1CCc2c1cccc2C(=O)N1CCCC2(CCc3cn[nH]c32)C1. The summed E-state index contributed by atoms with van der Waals surface area (Å²) >= 11 is 0. The van der Waals surface area contributed by atoms with Gasteiger partial charge < -0.3 is 4.90 Å². The number of fused-ring (bicyclic) bond motifs is 3. The van der Waals surface area contributed by atoms with Crippen molar-refractivity contribution in [2.45, 2.75) is 43.9 Å². The molecule has 2 heterocycles. The number of carbonyl (C=O) groups excluding carboxylic acids is 2. The van der Waals surface area contributed by atoms with Crippen LogP contribution >= 0.6 is 0 Å². The van der Waals surface area contributed by atoms with Crippen LogP contribution in [0.2, 0.25) is 0 Å². The molecule has 1 spiro atoms. The molecule has 1 aliphatic heterocycles. The topological polar surface area (TPSA) is 66.1 Å². The zero-order valence-electron chi connectivity index (χ0n) is 14.2. The number of H-pyrrole nitrogens is 1. The lowest BCUT2D eigenvalue weighted by Crippen LogP contribution is -2.48. The van der Waals surface area contributed by atoms with E-state index in [-0.39, 0.29) is 17.1 Å². The third-order valence-electron chi connectivity index (χ3n) is 6.29. The van der Waals surface area contributed by atoms with Gasteiger partial charge in [-0.1, -0.05) is 12.1 Å². The average molecular weight is 335 g/mol. The van der Waals surface area contributed by atoms with E-state index in [1.807, 2.05) is 29.3 Å². The number of ketones is 1. The maximum atomic E-state index is 13.2. The highest BCUT2D eigenvalue weighted by Crippen LogP contribution is 2.44. The summed E-state index contributed by atoms with van der Waals surface area (Å²) in [5.74, 6) is 0.247. The molecular formula is C20H21N3O2. The Bertz CT molecular complexity index is 885. The summed E-state index contributed by atoms with van der Waals surface area (Å²) in [6.45, 7) is 1.54. The molecule has 5 rings (SSSR count). The molecule has 0 bridgehead atoms. The highest BCUT2D eigenvalue weighted by Gasteiger charge is 2.44. The Hall–Kier alpha value is -2.43. The monoisotopic (exact) mass is 335 g/mol. The number of benzene rings is 1. The molecule has 1 saturated heterocycles. The first-order chi connectivity index (χ1) is 12.2. The van der Waals surface area contributed by atoms with Crippen molar-refractivity contribution in [3.05, 3.63) is 52.3 Å². The van der Waals surface area contributed by atoms with E-state index >= 15 is 0 Å². The number of aryl methyl sites for hydroxylation is 1. The quantitative estimate of drug-likeness (QED) is 0.871. The first kappa shape index (κ1) is 14.9. The Kier molecular flexibility index (Phi) is 3.14. The minimum absolute atomic E-state index is 0.0352. The molecule has 1 aromatic carbocycles. The third kappa shape index (κ3) is 2.11. The van der Waals surface area contributed by atoms with Crippen molar-refractivity contribution in [1.29, 1.82) is 0 Å². The van der Waals surface area contributed by atoms with Crippen LogP contribution in [0, 0.1) is 0 Å². The molecule has 128 valence electrons. The van der Waals surface area contributed by atoms with Gasteiger partial charge >= 0.3 is 0 Å². The van der Waals surface area contributed by atoms with Gasteiger partial charge in [-0.2, -0.15) is 5.10 Å². The summed E-state index contributed by atoms with van der Waals surface area (Å²) in [5.41, 5.74) is 5.00. The molecule has 0 radical (unpaired) electrons. The van der Waals surface area contributed by atoms with Crippen LogP contribution in [0.25, 0.3) is 0 Å². The Morgan fingerprint density at radius 1 is 1.20 bits per heavy atom. The Morgan fingerprint density at radius 2 is 2.12 bits per heavy atom. The molecule has 1 N–H and O–H groups in total. The van der Waals surface area contributed by atoms with E-state index in [9.17, 15) is 9.59 Å². The third-order valence-corrected chi connectivity index (χ3v) is 6.29. The fourth-order valence-corrected chi connectivity index (χ4v) is 5.03. The van der Waals surface area contributed by atoms with E-state index in [0.29, 0.717) is 12.8 Å². The molecule has 5 heteroatoms. The summed E-state index contributed by atoms with van der Waals surface area (Å²) < 4.78 is 0. The highest BCUT2D eigenvalue weighted by molar-refractivity contribution is 6.05. The van der Waals surface area contributed by atoms with Crippen LogP contribution in [0.15, 0.2) is 24.4 Å². The van der Waals surface area contributed by atoms with Gasteiger partial charge in [-0.05, 0) is 49.3 Å². The number of aromatic nitrogens is 2. The molecule has 1 amide bonds. The number of aromatic amines is 1. The number of amides is 1. The normalized spacial score (nSPS) is 24.6. The highest BCUT2D eigenvalue weighted by atomic mass is 16.2. The first-order valence-electron chi connectivity index (χ1n) is 9.15. The zero-order chi connectivity index (χ0) is 17.0. The van der Waals surface area contributed by atoms with Gasteiger partial charge in [0.2, 0.25) is 0 Å². The summed E-state index contributed by atoms with van der Waals surface area (Å²) in [7, 11) is 0. The van der Waals surface area contributed by atoms with Crippen molar-refractivity contribution in [2.75, 3.05) is 13.1 Å². The van der Waals surface area contributed by atoms with Gasteiger partial charge in [0.05, 0.1) is 6.20 Å². The van der Waals surface area contributed by atoms with Crippen molar-refractivity contribution in [3.63, 3.8) is 0 Å². The Morgan fingerprint density at radius 3 is 3.04 bits per heavy atom. The second kappa shape index (κ2) is 5.28. The lowest BCUT2D eigenvalue weighted by molar-refractivity contribution is 0.0632. The largest absolute Gasteiger partial charge is 0.338 e. The summed E-state index contributed by atoms with van der Waals surface area (Å²) in [6.07, 6.45) is 7.41. The van der Waals surface area contributed by atoms with Crippen molar-refractivity contribution < 1.29 is 9.59 Å². The van der Waals surface area contributed by atoms with Crippen LogP contribution in [0.5, 0.6) is 0 Å². The zero-order valence-corrected chi connectivity index (χ0v) is 14.2. The maximum absolute atomic E-state index is 13.2. The molecule has 5 nitrogen and oxygen atoms in total. The van der Waals surface area contributed by atoms with Crippen molar-refractivity contribution in [2.24, 2.45) is 0 Å². The van der Waals surface area contributed by atoms with Crippen LogP contribution in [0.1, 0.15) is 63.2 Å². The lowest BCUT2D eigenvalue weighted by atomic mass is 9.77. The number of hydrogen-bond donors (Lipinski definition) is 1. The van der Waals surface area contributed by atoms with Crippen LogP contribution in [0.3, 0.4) is 0 Å². The predicted octanol–water partition coefficient (Wildman–Crippen LogP) is 2.66. The van der Waals surface area contributed by atoms with E-state index in [0.717, 1.165) is 55.5 Å². The predicted molar refractivity (Wildman–Crippen MR) is 92.8 cm³/mol. The van der Waals surface area contributed by atoms with Gasteiger partial charge in [-0.15, -0.1) is 0 Å². The second-order valence-electron chi connectivity index (χ2n) is 7.64. The molecule has 2 aromatic rings. The number of likely N-dealkylation sites (tertiary alicyclic amines) is 1. The van der Waals surface area contributed by atoms with E-state index in [2.05, 4.69) is 10.2 Å². The maximum Gasteiger partial charge on any atom is 0.254 e. The number of nitrogens with zero attached hydrogens (tertiary/aromatic N) is 2. The molecule has 1 atom stereocenters. The molecule has 25 heavy (non-hydrogen) atoms. The molecule has 3 aliphatic rings. The standard InChI is InChI=1S/C20H21N3O2/c24-17-6-5-14-15(17)3-1-4-16(14)19(25)23-10-2-8-20(12-23)9-7-13-11-21-22-18(13)20/h1,3-4,11H,2,5-10,12H2,(H,21,22). The van der Waals surface area contributed by atoms with Crippen LogP contribution in [0.4, 0.5) is 0 Å². The summed E-state index contributed by atoms with van der Waals surface area (Å²) in [4.78, 5) is 27.2. The molecule has 1 aromatic heterocycles. The van der Waals surface area contributed by atoms with Gasteiger partial charge in [0.15, 0.2) is 5.78 Å². The van der Waals surface area contributed by atoms with Gasteiger partial charge in [0.1, 0.15) is 0 Å². The van der Waals surface area contributed by atoms with Gasteiger partial charge in [-0.25, -0.2) is 0 Å². The smallest absolute Gasteiger partial charge is 0.254 e. The number of nitrogens with one attached hydrogen (secondary N) is 1. The van der Waals surface area contributed by atoms with Crippen LogP contribution < -0.4 is 0 Å². The van der Waals surface area contributed by atoms with E-state index in [1.165, 1.54) is 11.3 Å². The fraction of sp³-hybridized carbons (Fsp3) is 0.450. The average Bonchev–Trinajstić information content (AvgIpc) is 3.33. The Balaban J connectivity index is 1.47. The molecule has 0 saturated carbocycles. The molecular weight excluding hydrogens is 314 g/mol. The number of rotatable bonds is 1. The van der Waals surface area contributed by atoms with Gasteiger partial charge in [0.25, 0.3) is 5.91 Å². The summed E-state index contributed by atoms with van der Waals surface area (Å²) in [6, 6.07) is 5.59. The lowest BCUT2D eigenvalue weighted by Gasteiger charge is -2.40. The molecule has 1 unspecified atom stereocenters. The van der Waals surface area contributed by atoms with E-state index in [4.69, 9.17) is 0 Å². The first-order valence-corrected chi connectivity index (χ1v) is 9.15. The van der Waals surface area contributed by atoms with Crippen molar-refractivity contribution >= 4 is 11.7 Å². The Labute approximate surface area is 146 Å². The van der Waals surface area contributed by atoms with Gasteiger partial charge in [-0.3, -0.25) is 14.7 Å². The number of Topliss-reactive ketones (excluding diaryl/α,β-unsaturated/α-hetero) is 1. The van der Waals surface area contributed by atoms with Gasteiger partial charge in [0, 0.05) is 41.7 Å². The fourth-order valence-electron chi connectivity index (χ4n) is 5.03. The molecule has 2 aliphatic carbocycles. The van der Waals surface area contributed by atoms with E-state index in [1.54, 1.807) is 0 Å². The second-order valence-corrected chi connectivity index (χ2v) is 7.64. The van der Waals surface area contributed by atoms with Crippen LogP contribution in [-0.4, -0.2) is 39.9 Å². The van der Waals surface area contributed by atoms with Crippen LogP contribution in [-0.2, 0) is 18.3 Å². The van der Waals surface area contributed by atoms with Crippen molar-refractivity contribution in [3.8, 4) is 0 Å². The summed E-state index contributed by atoms with van der Waals surface area (Å²) in [5, 5.41) is 7.40. The number of piperidine rings is 1. The minimum Gasteiger partial charge on any atom is -0.338 e. The number of hydrogen-bond acceptors (Lipinski definition) is 3. The number of carbonyl (C=O) groups is 2. The molecule has 1 fully saturated rings. The minimum atomic E-state index is 0.0352.